The van der Waals surface area contributed by atoms with Crippen LogP contribution in [0.2, 0.25) is 0 Å². The van der Waals surface area contributed by atoms with Crippen molar-refractivity contribution in [2.24, 2.45) is 0 Å². The normalized spacial score (nSPS) is 29.4. The number of H-pyrrole nitrogens is 1. The van der Waals surface area contributed by atoms with E-state index in [1.165, 1.54) is 0 Å². The molecule has 0 aromatic carbocycles. The summed E-state index contributed by atoms with van der Waals surface area (Å²) < 4.78 is 32.1. The lowest BCUT2D eigenvalue weighted by molar-refractivity contribution is -0.0356. The van der Waals surface area contributed by atoms with Crippen molar-refractivity contribution >= 4 is 20.7 Å². The first-order valence-electron chi connectivity index (χ1n) is 11.3. The molecule has 1 aliphatic carbocycles. The van der Waals surface area contributed by atoms with E-state index < -0.39 is 32.9 Å². The SMILES string of the molecule is [2H][C@@H]1CC[C@]2(OP(OCC[N+]#[C-])N(C(C)C)C(C)C)C[C@H](n3cc(C)c(=O)[nH]c3=S)O[C@H]12. The lowest BCUT2D eigenvalue weighted by atomic mass is 9.98. The Hall–Kier alpha value is -1.14. The summed E-state index contributed by atoms with van der Waals surface area (Å²) in [6, 6.07) is 0.372. The van der Waals surface area contributed by atoms with Crippen LogP contribution in [0, 0.1) is 18.3 Å². The van der Waals surface area contributed by atoms with E-state index in [1.807, 2.05) is 0 Å². The molecule has 8 nitrogen and oxygen atoms in total. The van der Waals surface area contributed by atoms with Crippen molar-refractivity contribution in [3.05, 3.63) is 38.3 Å². The lowest BCUT2D eigenvalue weighted by Crippen LogP contribution is -2.40. The Morgan fingerprint density at radius 2 is 2.23 bits per heavy atom. The number of hydrogen-bond acceptors (Lipinski definition) is 6. The van der Waals surface area contributed by atoms with E-state index in [0.29, 0.717) is 36.2 Å². The molecule has 2 heterocycles. The topological polar surface area (TPSA) is 73.1 Å². The van der Waals surface area contributed by atoms with Crippen LogP contribution in [0.15, 0.2) is 11.0 Å². The summed E-state index contributed by atoms with van der Waals surface area (Å²) in [5.74, 6) is 0. The van der Waals surface area contributed by atoms with Gasteiger partial charge in [0.25, 0.3) is 14.1 Å². The van der Waals surface area contributed by atoms with Crippen molar-refractivity contribution in [1.29, 1.82) is 0 Å². The molecule has 1 saturated heterocycles. The van der Waals surface area contributed by atoms with Gasteiger partial charge < -0.3 is 18.6 Å². The maximum atomic E-state index is 11.9. The average molecular weight is 470 g/mol. The van der Waals surface area contributed by atoms with Crippen LogP contribution in [-0.2, 0) is 13.8 Å². The highest BCUT2D eigenvalue weighted by Crippen LogP contribution is 2.58. The molecule has 3 rings (SSSR count). The van der Waals surface area contributed by atoms with Gasteiger partial charge in [0.2, 0.25) is 6.54 Å². The van der Waals surface area contributed by atoms with E-state index in [1.54, 1.807) is 17.7 Å². The van der Waals surface area contributed by atoms with Gasteiger partial charge in [-0.15, -0.1) is 0 Å². The molecule has 1 saturated carbocycles. The second-order valence-corrected chi connectivity index (χ2v) is 10.4. The minimum Gasteiger partial charge on any atom is -0.352 e. The van der Waals surface area contributed by atoms with Crippen molar-refractivity contribution < 1.29 is 15.2 Å². The number of rotatable bonds is 9. The smallest absolute Gasteiger partial charge is 0.260 e. The van der Waals surface area contributed by atoms with Gasteiger partial charge in [-0.2, -0.15) is 0 Å². The van der Waals surface area contributed by atoms with Crippen LogP contribution in [0.4, 0.5) is 0 Å². The highest BCUT2D eigenvalue weighted by molar-refractivity contribution is 7.71. The molecular formula is C21H33N4O4PS. The molecule has 172 valence electrons. The number of nitrogens with one attached hydrogen (secondary N) is 1. The number of hydrogen-bond donors (Lipinski definition) is 1. The molecule has 1 aromatic rings. The van der Waals surface area contributed by atoms with Gasteiger partial charge in [0, 0.05) is 31.6 Å². The van der Waals surface area contributed by atoms with Gasteiger partial charge >= 0.3 is 0 Å². The second-order valence-electron chi connectivity index (χ2n) is 8.64. The standard InChI is InChI=1S/C21H33N4O4PS/c1-14(2)25(15(3)4)30(27-11-10-22-6)29-21-9-7-8-17(21)28-18(12-21)24-13-16(5)19(26)23-20(24)31/h13-15,17-18H,7-12H2,1-5H3,(H,23,26,31)/t17-,18-,21+,30?/m1/s1/i8D/t8-,17-,18-,21+,30?. The zero-order chi connectivity index (χ0) is 23.6. The van der Waals surface area contributed by atoms with Crippen molar-refractivity contribution in [2.75, 3.05) is 13.2 Å². The minimum absolute atomic E-state index is 0.186. The Kier molecular flexibility index (Phi) is 7.58. The van der Waals surface area contributed by atoms with Crippen LogP contribution in [0.5, 0.6) is 0 Å². The third-order valence-corrected chi connectivity index (χ3v) is 8.20. The fourth-order valence-corrected chi connectivity index (χ4v) is 6.40. The van der Waals surface area contributed by atoms with Gasteiger partial charge in [-0.3, -0.25) is 14.3 Å². The minimum atomic E-state index is -1.46. The summed E-state index contributed by atoms with van der Waals surface area (Å²) in [6.07, 6.45) is 2.34. The molecule has 1 unspecified atom stereocenters. The summed E-state index contributed by atoms with van der Waals surface area (Å²) >= 11 is 5.38. The molecule has 0 bridgehead atoms. The predicted molar refractivity (Wildman–Crippen MR) is 123 cm³/mol. The maximum absolute atomic E-state index is 11.9. The Morgan fingerprint density at radius 3 is 2.87 bits per heavy atom. The monoisotopic (exact) mass is 469 g/mol. The number of aromatic amines is 1. The Bertz CT molecular complexity index is 956. The van der Waals surface area contributed by atoms with Gasteiger partial charge in [-0.05, 0) is 66.1 Å². The van der Waals surface area contributed by atoms with E-state index in [9.17, 15) is 4.79 Å². The molecule has 0 radical (unpaired) electrons. The van der Waals surface area contributed by atoms with Crippen LogP contribution in [0.25, 0.3) is 4.85 Å². The molecule has 2 fully saturated rings. The van der Waals surface area contributed by atoms with Crippen molar-refractivity contribution in [2.45, 2.75) is 90.3 Å². The highest BCUT2D eigenvalue weighted by atomic mass is 32.1. The summed E-state index contributed by atoms with van der Waals surface area (Å²) in [7, 11) is -1.46. The zero-order valence-electron chi connectivity index (χ0n) is 19.8. The average Bonchev–Trinajstić information content (AvgIpc) is 3.21. The van der Waals surface area contributed by atoms with Crippen molar-refractivity contribution in [3.8, 4) is 0 Å². The van der Waals surface area contributed by atoms with Crippen molar-refractivity contribution in [3.63, 3.8) is 0 Å². The number of ether oxygens (including phenoxy) is 1. The van der Waals surface area contributed by atoms with E-state index in [0.717, 1.165) is 0 Å². The van der Waals surface area contributed by atoms with Crippen LogP contribution in [0.1, 0.15) is 66.5 Å². The first-order valence-corrected chi connectivity index (χ1v) is 12.3. The zero-order valence-corrected chi connectivity index (χ0v) is 20.5. The summed E-state index contributed by atoms with van der Waals surface area (Å²) in [4.78, 5) is 18.0. The Labute approximate surface area is 192 Å². The van der Waals surface area contributed by atoms with Crippen LogP contribution in [0.3, 0.4) is 0 Å². The largest absolute Gasteiger partial charge is 0.352 e. The predicted octanol–water partition coefficient (Wildman–Crippen LogP) is 4.72. The van der Waals surface area contributed by atoms with E-state index in [4.69, 9.17) is 33.9 Å². The van der Waals surface area contributed by atoms with E-state index in [2.05, 4.69) is 42.2 Å². The van der Waals surface area contributed by atoms with E-state index in [-0.39, 0.29) is 24.2 Å². The van der Waals surface area contributed by atoms with E-state index >= 15 is 0 Å². The first-order chi connectivity index (χ1) is 15.1. The fraction of sp³-hybridized carbons (Fsp3) is 0.762. The molecule has 2 aliphatic rings. The molecule has 1 aliphatic heterocycles. The second kappa shape index (κ2) is 10.2. The molecule has 5 atom stereocenters. The number of nitrogens with zero attached hydrogens (tertiary/aromatic N) is 3. The van der Waals surface area contributed by atoms with Crippen LogP contribution in [-0.4, -0.2) is 51.2 Å². The first kappa shape index (κ1) is 23.0. The fourth-order valence-electron chi connectivity index (χ4n) is 4.28. The Balaban J connectivity index is 1.92. The van der Waals surface area contributed by atoms with Crippen molar-refractivity contribution in [1.82, 2.24) is 14.2 Å². The van der Waals surface area contributed by atoms with Gasteiger partial charge in [0.15, 0.2) is 4.77 Å². The summed E-state index contributed by atoms with van der Waals surface area (Å²) in [5, 5.41) is 0. The van der Waals surface area contributed by atoms with Gasteiger partial charge in [0.1, 0.15) is 18.4 Å². The molecule has 1 aromatic heterocycles. The molecule has 31 heavy (non-hydrogen) atoms. The quantitative estimate of drug-likeness (QED) is 0.244. The van der Waals surface area contributed by atoms with Crippen LogP contribution < -0.4 is 5.56 Å². The van der Waals surface area contributed by atoms with Gasteiger partial charge in [-0.1, -0.05) is 0 Å². The molecular weight excluding hydrogens is 435 g/mol. The number of aromatic nitrogens is 2. The number of fused-ring (bicyclic) bond motifs is 1. The molecule has 0 amide bonds. The van der Waals surface area contributed by atoms with Gasteiger partial charge in [0.05, 0.1) is 6.10 Å². The number of aryl methyl sites for hydroxylation is 1. The molecule has 10 heteroatoms. The Morgan fingerprint density at radius 1 is 1.52 bits per heavy atom. The summed E-state index contributed by atoms with van der Waals surface area (Å²) in [5.41, 5.74) is -0.343. The maximum Gasteiger partial charge on any atom is 0.260 e. The summed E-state index contributed by atoms with van der Waals surface area (Å²) in [6.45, 7) is 17.8. The van der Waals surface area contributed by atoms with Crippen LogP contribution >= 0.6 is 20.7 Å². The lowest BCUT2D eigenvalue weighted by Gasteiger charge is -2.40. The molecule has 0 spiro atoms. The third-order valence-electron chi connectivity index (χ3n) is 5.66. The van der Waals surface area contributed by atoms with Gasteiger partial charge in [-0.25, -0.2) is 11.2 Å². The highest BCUT2D eigenvalue weighted by Gasteiger charge is 2.55. The third kappa shape index (κ3) is 5.27. The molecule has 1 N–H and O–H groups in total.